The van der Waals surface area contributed by atoms with Crippen LogP contribution in [0.5, 0.6) is 5.75 Å². The topological polar surface area (TPSA) is 56.2 Å². The molecule has 5 heteroatoms. The van der Waals surface area contributed by atoms with Crippen LogP contribution >= 0.6 is 0 Å². The van der Waals surface area contributed by atoms with Gasteiger partial charge in [0.05, 0.1) is 5.69 Å². The van der Waals surface area contributed by atoms with Crippen LogP contribution in [0.4, 0.5) is 0 Å². The maximum absolute atomic E-state index is 12.7. The van der Waals surface area contributed by atoms with E-state index in [-0.39, 0.29) is 5.91 Å². The number of benzene rings is 2. The molecule has 1 aliphatic rings. The van der Waals surface area contributed by atoms with Gasteiger partial charge < -0.3 is 14.6 Å². The summed E-state index contributed by atoms with van der Waals surface area (Å²) in [5, 5.41) is 3.02. The van der Waals surface area contributed by atoms with Gasteiger partial charge in [0.15, 0.2) is 6.10 Å². The lowest BCUT2D eigenvalue weighted by molar-refractivity contribution is -0.127. The minimum absolute atomic E-state index is 0.115. The predicted molar refractivity (Wildman–Crippen MR) is 113 cm³/mol. The highest BCUT2D eigenvalue weighted by molar-refractivity contribution is 5.80. The molecule has 1 amide bonds. The Balaban J connectivity index is 1.43. The fourth-order valence-electron chi connectivity index (χ4n) is 3.95. The number of carbonyl (C=O) groups excluding carboxylic acids is 1. The van der Waals surface area contributed by atoms with Gasteiger partial charge in [0, 0.05) is 18.9 Å². The maximum Gasteiger partial charge on any atom is 0.261 e. The number of rotatable bonds is 6. The first-order valence-electron chi connectivity index (χ1n) is 10.3. The van der Waals surface area contributed by atoms with Crippen molar-refractivity contribution in [2.75, 3.05) is 0 Å². The number of nitrogens with zero attached hydrogens (tertiary/aromatic N) is 2. The van der Waals surface area contributed by atoms with Gasteiger partial charge in [0.25, 0.3) is 5.91 Å². The summed E-state index contributed by atoms with van der Waals surface area (Å²) in [7, 11) is 0. The third-order valence-electron chi connectivity index (χ3n) is 5.56. The van der Waals surface area contributed by atoms with Gasteiger partial charge in [-0.25, -0.2) is 4.98 Å². The Labute approximate surface area is 171 Å². The Bertz CT molecular complexity index is 1010. The molecule has 0 unspecified atom stereocenters. The summed E-state index contributed by atoms with van der Waals surface area (Å²) in [4.78, 5) is 17.0. The number of aromatic nitrogens is 2. The minimum atomic E-state index is -0.550. The summed E-state index contributed by atoms with van der Waals surface area (Å²) in [5.74, 6) is 1.64. The number of aryl methyl sites for hydroxylation is 2. The zero-order valence-electron chi connectivity index (χ0n) is 17.0. The van der Waals surface area contributed by atoms with E-state index in [1.54, 1.807) is 6.20 Å². The highest BCUT2D eigenvalue weighted by Crippen LogP contribution is 2.30. The number of nitrogens with one attached hydrogen (secondary N) is 1. The molecule has 1 N–H and O–H groups in total. The maximum atomic E-state index is 12.7. The van der Waals surface area contributed by atoms with Crippen LogP contribution in [0.2, 0.25) is 0 Å². The number of amides is 1. The van der Waals surface area contributed by atoms with Crippen molar-refractivity contribution >= 4 is 5.91 Å². The predicted octanol–water partition coefficient (Wildman–Crippen LogP) is 4.14. The van der Waals surface area contributed by atoms with Gasteiger partial charge in [-0.2, -0.15) is 0 Å². The number of para-hydroxylation sites is 1. The third kappa shape index (κ3) is 4.19. The Kier molecular flexibility index (Phi) is 5.65. The molecule has 0 radical (unpaired) electrons. The molecule has 0 saturated heterocycles. The Hall–Kier alpha value is -3.08. The van der Waals surface area contributed by atoms with Crippen LogP contribution in [-0.4, -0.2) is 21.6 Å². The molecule has 3 aromatic rings. The minimum Gasteiger partial charge on any atom is -0.481 e. The molecule has 5 nitrogen and oxygen atoms in total. The van der Waals surface area contributed by atoms with Crippen LogP contribution in [0.15, 0.2) is 54.9 Å². The van der Waals surface area contributed by atoms with Crippen LogP contribution in [0.3, 0.4) is 0 Å². The number of carbonyl (C=O) groups is 1. The molecule has 29 heavy (non-hydrogen) atoms. The van der Waals surface area contributed by atoms with Crippen molar-refractivity contribution in [2.24, 2.45) is 0 Å². The van der Waals surface area contributed by atoms with Crippen molar-refractivity contribution < 1.29 is 9.53 Å². The normalized spacial score (nSPS) is 14.1. The van der Waals surface area contributed by atoms with E-state index in [1.807, 2.05) is 61.0 Å². The van der Waals surface area contributed by atoms with Gasteiger partial charge in [-0.1, -0.05) is 30.3 Å². The summed E-state index contributed by atoms with van der Waals surface area (Å²) < 4.78 is 8.08. The molecule has 1 aliphatic carbocycles. The first-order chi connectivity index (χ1) is 14.1. The van der Waals surface area contributed by atoms with Crippen LogP contribution in [0, 0.1) is 6.92 Å². The quantitative estimate of drug-likeness (QED) is 0.689. The van der Waals surface area contributed by atoms with Crippen molar-refractivity contribution in [3.8, 4) is 11.4 Å². The molecular weight excluding hydrogens is 362 g/mol. The van der Waals surface area contributed by atoms with Crippen molar-refractivity contribution in [3.63, 3.8) is 0 Å². The largest absolute Gasteiger partial charge is 0.481 e. The highest BCUT2D eigenvalue weighted by Gasteiger charge is 2.19. The van der Waals surface area contributed by atoms with E-state index < -0.39 is 6.10 Å². The van der Waals surface area contributed by atoms with Crippen LogP contribution in [-0.2, 0) is 24.2 Å². The molecule has 1 heterocycles. The smallest absolute Gasteiger partial charge is 0.261 e. The molecule has 0 bridgehead atoms. The molecule has 0 spiro atoms. The van der Waals surface area contributed by atoms with Gasteiger partial charge >= 0.3 is 0 Å². The van der Waals surface area contributed by atoms with Gasteiger partial charge in [-0.15, -0.1) is 0 Å². The van der Waals surface area contributed by atoms with E-state index in [9.17, 15) is 4.79 Å². The second-order valence-electron chi connectivity index (χ2n) is 7.55. The van der Waals surface area contributed by atoms with Crippen molar-refractivity contribution in [3.05, 3.63) is 77.4 Å². The van der Waals surface area contributed by atoms with E-state index in [2.05, 4.69) is 16.4 Å². The van der Waals surface area contributed by atoms with Crippen LogP contribution in [0.1, 0.15) is 42.3 Å². The number of hydrogen-bond donors (Lipinski definition) is 1. The van der Waals surface area contributed by atoms with Crippen molar-refractivity contribution in [1.82, 2.24) is 14.9 Å². The first kappa shape index (κ1) is 19.2. The van der Waals surface area contributed by atoms with E-state index in [0.29, 0.717) is 6.54 Å². The molecule has 0 fully saturated rings. The van der Waals surface area contributed by atoms with Crippen LogP contribution < -0.4 is 10.1 Å². The lowest BCUT2D eigenvalue weighted by atomic mass is 9.91. The molecular formula is C24H27N3O2. The number of hydrogen-bond acceptors (Lipinski definition) is 3. The zero-order chi connectivity index (χ0) is 20.2. The second-order valence-corrected chi connectivity index (χ2v) is 7.55. The molecule has 150 valence electrons. The zero-order valence-corrected chi connectivity index (χ0v) is 17.0. The first-order valence-corrected chi connectivity index (χ1v) is 10.3. The summed E-state index contributed by atoms with van der Waals surface area (Å²) in [5.41, 5.74) is 4.67. The molecule has 0 saturated carbocycles. The third-order valence-corrected chi connectivity index (χ3v) is 5.56. The number of ether oxygens (including phenoxy) is 1. The lowest BCUT2D eigenvalue weighted by Gasteiger charge is -2.22. The van der Waals surface area contributed by atoms with E-state index in [0.717, 1.165) is 35.7 Å². The number of fused-ring (bicyclic) bond motifs is 1. The summed E-state index contributed by atoms with van der Waals surface area (Å²) in [6.45, 7) is 4.21. The summed E-state index contributed by atoms with van der Waals surface area (Å²) >= 11 is 0. The molecule has 4 rings (SSSR count). The SMILES string of the molecule is Cc1nccn1-c1ccccc1CNC(=O)[C@@H](C)Oc1cccc2c1CCCC2. The average molecular weight is 389 g/mol. The van der Waals surface area contributed by atoms with E-state index in [4.69, 9.17) is 4.74 Å². The van der Waals surface area contributed by atoms with E-state index in [1.165, 1.54) is 24.0 Å². The lowest BCUT2D eigenvalue weighted by Crippen LogP contribution is -2.36. The average Bonchev–Trinajstić information content (AvgIpc) is 3.18. The molecule has 2 aromatic carbocycles. The fourth-order valence-corrected chi connectivity index (χ4v) is 3.95. The molecule has 1 atom stereocenters. The summed E-state index contributed by atoms with van der Waals surface area (Å²) in [6.07, 6.45) is 7.68. The Morgan fingerprint density at radius 1 is 1.17 bits per heavy atom. The van der Waals surface area contributed by atoms with Gasteiger partial charge in [-0.05, 0) is 68.4 Å². The summed E-state index contributed by atoms with van der Waals surface area (Å²) in [6, 6.07) is 14.2. The molecule has 1 aromatic heterocycles. The number of imidazole rings is 1. The van der Waals surface area contributed by atoms with Gasteiger partial charge in [0.2, 0.25) is 0 Å². The standard InChI is InChI=1S/C24H27N3O2/c1-17(29-23-13-7-10-19-8-3-5-11-21(19)23)24(28)26-16-20-9-4-6-12-22(20)27-15-14-25-18(27)2/h4,6-7,9-10,12-15,17H,3,5,8,11,16H2,1-2H3,(H,26,28)/t17-/m1/s1. The monoisotopic (exact) mass is 389 g/mol. The van der Waals surface area contributed by atoms with Gasteiger partial charge in [-0.3, -0.25) is 4.79 Å². The Morgan fingerprint density at radius 3 is 2.83 bits per heavy atom. The highest BCUT2D eigenvalue weighted by atomic mass is 16.5. The second kappa shape index (κ2) is 8.52. The van der Waals surface area contributed by atoms with Gasteiger partial charge in [0.1, 0.15) is 11.6 Å². The van der Waals surface area contributed by atoms with Crippen molar-refractivity contribution in [1.29, 1.82) is 0 Å². The van der Waals surface area contributed by atoms with Crippen LogP contribution in [0.25, 0.3) is 5.69 Å². The van der Waals surface area contributed by atoms with E-state index >= 15 is 0 Å². The molecule has 0 aliphatic heterocycles. The Morgan fingerprint density at radius 2 is 2.00 bits per heavy atom. The fraction of sp³-hybridized carbons (Fsp3) is 0.333. The van der Waals surface area contributed by atoms with Crippen molar-refractivity contribution in [2.45, 2.75) is 52.2 Å².